The SMILES string of the molecule is CC1(C)c2ccccc2-c2c(-c3cccc(-c4ccc5c6ccccc6c6ccccc6c5c4)c3)cccc21. The lowest BCUT2D eigenvalue weighted by Gasteiger charge is -2.21. The van der Waals surface area contributed by atoms with Gasteiger partial charge in [-0.2, -0.15) is 0 Å². The third kappa shape index (κ3) is 3.18. The number of hydrogen-bond acceptors (Lipinski definition) is 0. The van der Waals surface area contributed by atoms with Gasteiger partial charge in [-0.3, -0.25) is 0 Å². The van der Waals surface area contributed by atoms with E-state index in [4.69, 9.17) is 0 Å². The third-order valence-corrected chi connectivity index (χ3v) is 8.86. The van der Waals surface area contributed by atoms with Crippen molar-refractivity contribution >= 4 is 32.3 Å². The molecule has 0 radical (unpaired) electrons. The van der Waals surface area contributed by atoms with E-state index in [0.29, 0.717) is 0 Å². The predicted octanol–water partition coefficient (Wildman–Crippen LogP) is 10.8. The second kappa shape index (κ2) is 8.16. The largest absolute Gasteiger partial charge is 0.0619 e. The molecule has 0 bridgehead atoms. The van der Waals surface area contributed by atoms with Crippen molar-refractivity contribution in [3.63, 3.8) is 0 Å². The topological polar surface area (TPSA) is 0 Å². The first-order valence-corrected chi connectivity index (χ1v) is 13.8. The van der Waals surface area contributed by atoms with Crippen LogP contribution in [0.1, 0.15) is 25.0 Å². The van der Waals surface area contributed by atoms with Crippen LogP contribution in [0.25, 0.3) is 65.7 Å². The minimum Gasteiger partial charge on any atom is -0.0619 e. The molecule has 1 aliphatic rings. The molecular weight excluding hydrogens is 468 g/mol. The van der Waals surface area contributed by atoms with Gasteiger partial charge in [0.05, 0.1) is 0 Å². The Balaban J connectivity index is 1.33. The van der Waals surface area contributed by atoms with Crippen molar-refractivity contribution in [3.05, 3.63) is 145 Å². The van der Waals surface area contributed by atoms with Crippen LogP contribution in [0.5, 0.6) is 0 Å². The van der Waals surface area contributed by atoms with Crippen LogP contribution >= 0.6 is 0 Å². The zero-order valence-electron chi connectivity index (χ0n) is 22.2. The smallest absolute Gasteiger partial charge is 0.0159 e. The highest BCUT2D eigenvalue weighted by atomic mass is 14.4. The minimum atomic E-state index is 0.00171. The standard InChI is InChI=1S/C39H28/c1-39(2)36-19-8-7-17-34(36)38-28(18-10-20-37(38)39)27-12-9-11-25(23-27)26-21-22-33-31-15-4-3-13-29(31)30-14-5-6-16-32(30)35(33)24-26/h3-24H,1-2H3. The molecule has 0 amide bonds. The van der Waals surface area contributed by atoms with Gasteiger partial charge < -0.3 is 0 Å². The van der Waals surface area contributed by atoms with Crippen molar-refractivity contribution in [2.75, 3.05) is 0 Å². The Morgan fingerprint density at radius 2 is 0.872 bits per heavy atom. The second-order valence-corrected chi connectivity index (χ2v) is 11.3. The highest BCUT2D eigenvalue weighted by Crippen LogP contribution is 2.52. The normalized spacial score (nSPS) is 13.6. The average molecular weight is 497 g/mol. The van der Waals surface area contributed by atoms with Crippen LogP contribution in [-0.4, -0.2) is 0 Å². The van der Waals surface area contributed by atoms with Gasteiger partial charge in [0.25, 0.3) is 0 Å². The van der Waals surface area contributed by atoms with E-state index in [0.717, 1.165) is 0 Å². The molecule has 0 spiro atoms. The van der Waals surface area contributed by atoms with E-state index in [-0.39, 0.29) is 5.41 Å². The molecule has 7 aromatic rings. The lowest BCUT2D eigenvalue weighted by atomic mass is 9.82. The van der Waals surface area contributed by atoms with Crippen molar-refractivity contribution in [2.45, 2.75) is 19.3 Å². The summed E-state index contributed by atoms with van der Waals surface area (Å²) in [5, 5.41) is 7.87. The molecule has 0 aromatic heterocycles. The van der Waals surface area contributed by atoms with Gasteiger partial charge >= 0.3 is 0 Å². The molecule has 0 heterocycles. The van der Waals surface area contributed by atoms with E-state index in [1.54, 1.807) is 0 Å². The van der Waals surface area contributed by atoms with Gasteiger partial charge in [-0.15, -0.1) is 0 Å². The molecule has 0 fully saturated rings. The van der Waals surface area contributed by atoms with Crippen LogP contribution in [-0.2, 0) is 5.41 Å². The summed E-state index contributed by atoms with van der Waals surface area (Å²) in [5.74, 6) is 0. The van der Waals surface area contributed by atoms with Gasteiger partial charge in [0.1, 0.15) is 0 Å². The van der Waals surface area contributed by atoms with E-state index < -0.39 is 0 Å². The summed E-state index contributed by atoms with van der Waals surface area (Å²) in [7, 11) is 0. The van der Waals surface area contributed by atoms with E-state index >= 15 is 0 Å². The Morgan fingerprint density at radius 3 is 1.62 bits per heavy atom. The van der Waals surface area contributed by atoms with Crippen LogP contribution in [0, 0.1) is 0 Å². The summed E-state index contributed by atoms with van der Waals surface area (Å²) in [6.45, 7) is 4.70. The number of fused-ring (bicyclic) bond motifs is 9. The molecule has 0 saturated heterocycles. The minimum absolute atomic E-state index is 0.00171. The molecule has 8 rings (SSSR count). The van der Waals surface area contributed by atoms with Crippen LogP contribution in [0.15, 0.2) is 133 Å². The molecule has 0 nitrogen and oxygen atoms in total. The van der Waals surface area contributed by atoms with Gasteiger partial charge in [0.15, 0.2) is 0 Å². The van der Waals surface area contributed by atoms with Crippen LogP contribution in [0.2, 0.25) is 0 Å². The van der Waals surface area contributed by atoms with E-state index in [9.17, 15) is 0 Å². The van der Waals surface area contributed by atoms with Gasteiger partial charge in [-0.05, 0) is 89.0 Å². The summed E-state index contributed by atoms with van der Waals surface area (Å²) in [4.78, 5) is 0. The summed E-state index contributed by atoms with van der Waals surface area (Å²) in [5.41, 5.74) is 10.6. The fraction of sp³-hybridized carbons (Fsp3) is 0.0769. The molecular formula is C39H28. The molecule has 0 unspecified atom stereocenters. The molecule has 1 aliphatic carbocycles. The van der Waals surface area contributed by atoms with Gasteiger partial charge in [0.2, 0.25) is 0 Å². The first kappa shape index (κ1) is 22.3. The Morgan fingerprint density at radius 1 is 0.359 bits per heavy atom. The highest BCUT2D eigenvalue weighted by molar-refractivity contribution is 6.25. The predicted molar refractivity (Wildman–Crippen MR) is 167 cm³/mol. The Bertz CT molecular complexity index is 2060. The van der Waals surface area contributed by atoms with E-state index in [1.807, 2.05) is 0 Å². The molecule has 0 N–H and O–H groups in total. The van der Waals surface area contributed by atoms with Crippen LogP contribution in [0.4, 0.5) is 0 Å². The molecule has 7 aromatic carbocycles. The fourth-order valence-corrected chi connectivity index (χ4v) is 6.95. The maximum absolute atomic E-state index is 2.39. The number of hydrogen-bond donors (Lipinski definition) is 0. The zero-order chi connectivity index (χ0) is 26.1. The van der Waals surface area contributed by atoms with Crippen LogP contribution in [0.3, 0.4) is 0 Å². The van der Waals surface area contributed by atoms with Crippen molar-refractivity contribution in [1.82, 2.24) is 0 Å². The molecule has 0 aliphatic heterocycles. The maximum Gasteiger partial charge on any atom is 0.0159 e. The van der Waals surface area contributed by atoms with Crippen molar-refractivity contribution < 1.29 is 0 Å². The Hall–Kier alpha value is -4.68. The molecule has 0 atom stereocenters. The Labute approximate surface area is 229 Å². The van der Waals surface area contributed by atoms with Crippen LogP contribution < -0.4 is 0 Å². The second-order valence-electron chi connectivity index (χ2n) is 11.3. The zero-order valence-corrected chi connectivity index (χ0v) is 22.2. The lowest BCUT2D eigenvalue weighted by Crippen LogP contribution is -2.14. The average Bonchev–Trinajstić information content (AvgIpc) is 3.24. The summed E-state index contributed by atoms with van der Waals surface area (Å²) in [6.07, 6.45) is 0. The van der Waals surface area contributed by atoms with Gasteiger partial charge in [-0.1, -0.05) is 135 Å². The summed E-state index contributed by atoms with van der Waals surface area (Å²) < 4.78 is 0. The molecule has 39 heavy (non-hydrogen) atoms. The Kier molecular flexibility index (Phi) is 4.67. The van der Waals surface area contributed by atoms with E-state index in [2.05, 4.69) is 147 Å². The number of rotatable bonds is 2. The van der Waals surface area contributed by atoms with Crippen molar-refractivity contribution in [2.24, 2.45) is 0 Å². The van der Waals surface area contributed by atoms with Crippen molar-refractivity contribution in [1.29, 1.82) is 0 Å². The molecule has 0 saturated carbocycles. The molecule has 0 heteroatoms. The van der Waals surface area contributed by atoms with Crippen molar-refractivity contribution in [3.8, 4) is 33.4 Å². The monoisotopic (exact) mass is 496 g/mol. The third-order valence-electron chi connectivity index (χ3n) is 8.86. The molecule has 184 valence electrons. The van der Waals surface area contributed by atoms with Gasteiger partial charge in [-0.25, -0.2) is 0 Å². The first-order chi connectivity index (χ1) is 19.1. The fourth-order valence-electron chi connectivity index (χ4n) is 6.95. The summed E-state index contributed by atoms with van der Waals surface area (Å²) in [6, 6.07) is 49.4. The quantitative estimate of drug-likeness (QED) is 0.209. The first-order valence-electron chi connectivity index (χ1n) is 13.8. The van der Waals surface area contributed by atoms with Gasteiger partial charge in [0, 0.05) is 5.41 Å². The van der Waals surface area contributed by atoms with E-state index in [1.165, 1.54) is 76.8 Å². The maximum atomic E-state index is 2.39. The lowest BCUT2D eigenvalue weighted by molar-refractivity contribution is 0.660. The highest BCUT2D eigenvalue weighted by Gasteiger charge is 2.36. The summed E-state index contributed by atoms with van der Waals surface area (Å²) >= 11 is 0. The number of benzene rings is 7.